The smallest absolute Gasteiger partial charge is 0.276 e. The maximum absolute atomic E-state index is 12.7. The number of hydrogen-bond donors (Lipinski definition) is 1. The first kappa shape index (κ1) is 16.3. The van der Waals surface area contributed by atoms with Gasteiger partial charge in [0.25, 0.3) is 5.91 Å². The molecule has 2 aliphatic rings. The number of nitrogens with zero attached hydrogens (tertiary/aromatic N) is 3. The second kappa shape index (κ2) is 6.25. The fraction of sp³-hybridized carbons (Fsp3) is 0.471. The van der Waals surface area contributed by atoms with Gasteiger partial charge in [0.15, 0.2) is 15.5 Å². The second-order valence-corrected chi connectivity index (χ2v) is 8.91. The summed E-state index contributed by atoms with van der Waals surface area (Å²) in [5.41, 5.74) is 3.04. The normalized spacial score (nSPS) is 21.7. The summed E-state index contributed by atoms with van der Waals surface area (Å²) in [6.07, 6.45) is 7.53. The number of carbonyl (C=O) groups is 1. The molecule has 1 aliphatic carbocycles. The molecular weight excluding hydrogens is 340 g/mol. The summed E-state index contributed by atoms with van der Waals surface area (Å²) in [7, 11) is -3.00. The predicted octanol–water partition coefficient (Wildman–Crippen LogP) is 1.77. The summed E-state index contributed by atoms with van der Waals surface area (Å²) in [6.45, 7) is 0. The number of sulfone groups is 1. The number of amides is 1. The summed E-state index contributed by atoms with van der Waals surface area (Å²) in [5, 5.41) is 7.39. The van der Waals surface area contributed by atoms with Crippen LogP contribution in [0.3, 0.4) is 0 Å². The van der Waals surface area contributed by atoms with Crippen molar-refractivity contribution in [3.05, 3.63) is 41.5 Å². The van der Waals surface area contributed by atoms with E-state index in [4.69, 9.17) is 0 Å². The quantitative estimate of drug-likeness (QED) is 0.900. The third kappa shape index (κ3) is 3.18. The molecule has 2 aromatic heterocycles. The van der Waals surface area contributed by atoms with Crippen LogP contribution in [0.25, 0.3) is 0 Å². The molecule has 2 aromatic rings. The van der Waals surface area contributed by atoms with E-state index in [9.17, 15) is 13.2 Å². The highest BCUT2D eigenvalue weighted by Crippen LogP contribution is 2.31. The van der Waals surface area contributed by atoms with E-state index in [-0.39, 0.29) is 23.5 Å². The maximum Gasteiger partial charge on any atom is 0.276 e. The first-order valence-electron chi connectivity index (χ1n) is 8.55. The largest absolute Gasteiger partial charge is 0.319 e. The van der Waals surface area contributed by atoms with Gasteiger partial charge < -0.3 is 5.32 Å². The Morgan fingerprint density at radius 3 is 2.84 bits per heavy atom. The Kier molecular flexibility index (Phi) is 4.07. The van der Waals surface area contributed by atoms with Gasteiger partial charge in [-0.25, -0.2) is 8.42 Å². The summed E-state index contributed by atoms with van der Waals surface area (Å²) >= 11 is 0. The first-order chi connectivity index (χ1) is 12.0. The molecule has 25 heavy (non-hydrogen) atoms. The lowest BCUT2D eigenvalue weighted by Crippen LogP contribution is -2.17. The number of anilines is 1. The van der Waals surface area contributed by atoms with E-state index in [0.29, 0.717) is 17.8 Å². The van der Waals surface area contributed by atoms with Crippen LogP contribution in [0.4, 0.5) is 5.69 Å². The summed E-state index contributed by atoms with van der Waals surface area (Å²) in [5.74, 6) is 0.0552. The van der Waals surface area contributed by atoms with Gasteiger partial charge in [-0.15, -0.1) is 0 Å². The molecule has 1 N–H and O–H groups in total. The Morgan fingerprint density at radius 1 is 1.28 bits per heavy atom. The number of hydrogen-bond acceptors (Lipinski definition) is 5. The van der Waals surface area contributed by atoms with Gasteiger partial charge >= 0.3 is 0 Å². The molecule has 7 nitrogen and oxygen atoms in total. The predicted molar refractivity (Wildman–Crippen MR) is 93.4 cm³/mol. The van der Waals surface area contributed by atoms with E-state index in [1.165, 1.54) is 0 Å². The van der Waals surface area contributed by atoms with Gasteiger partial charge in [0, 0.05) is 17.5 Å². The van der Waals surface area contributed by atoms with Crippen LogP contribution in [0.1, 0.15) is 47.1 Å². The number of aromatic nitrogens is 3. The van der Waals surface area contributed by atoms with E-state index in [0.717, 1.165) is 36.9 Å². The third-order valence-electron chi connectivity index (χ3n) is 4.90. The lowest BCUT2D eigenvalue weighted by Gasteiger charge is -2.17. The Hall–Kier alpha value is -2.22. The standard InChI is InChI=1S/C17H20N4O3S/c22-17(19-12-4-3-8-18-10-12)16-14-5-1-2-6-15(14)21(20-16)13-7-9-25(23,24)11-13/h3-4,8,10,13H,1-2,5-7,9,11H2,(H,19,22)/t13-/m1/s1. The highest BCUT2D eigenvalue weighted by molar-refractivity contribution is 7.91. The summed E-state index contributed by atoms with van der Waals surface area (Å²) in [4.78, 5) is 16.7. The van der Waals surface area contributed by atoms with Gasteiger partial charge in [-0.1, -0.05) is 0 Å². The fourth-order valence-electron chi connectivity index (χ4n) is 3.71. The Bertz CT molecular complexity index is 905. The average molecular weight is 360 g/mol. The monoisotopic (exact) mass is 360 g/mol. The van der Waals surface area contributed by atoms with Crippen LogP contribution >= 0.6 is 0 Å². The fourth-order valence-corrected chi connectivity index (χ4v) is 5.40. The highest BCUT2D eigenvalue weighted by atomic mass is 32.2. The topological polar surface area (TPSA) is 93.9 Å². The Balaban J connectivity index is 1.67. The van der Waals surface area contributed by atoms with Gasteiger partial charge in [0.1, 0.15) is 0 Å². The minimum atomic E-state index is -3.00. The number of fused-ring (bicyclic) bond motifs is 1. The van der Waals surface area contributed by atoms with Gasteiger partial charge in [-0.3, -0.25) is 14.5 Å². The van der Waals surface area contributed by atoms with E-state index in [1.807, 2.05) is 4.68 Å². The van der Waals surface area contributed by atoms with Crippen LogP contribution in [-0.2, 0) is 22.7 Å². The number of pyridine rings is 1. The summed E-state index contributed by atoms with van der Waals surface area (Å²) < 4.78 is 25.5. The number of rotatable bonds is 3. The van der Waals surface area contributed by atoms with Crippen LogP contribution in [-0.4, -0.2) is 40.6 Å². The molecule has 132 valence electrons. The summed E-state index contributed by atoms with van der Waals surface area (Å²) in [6, 6.07) is 3.38. The van der Waals surface area contributed by atoms with Crippen molar-refractivity contribution in [2.45, 2.75) is 38.1 Å². The molecule has 0 bridgehead atoms. The van der Waals surface area contributed by atoms with Crippen molar-refractivity contribution in [3.8, 4) is 0 Å². The number of carbonyl (C=O) groups excluding carboxylic acids is 1. The van der Waals surface area contributed by atoms with Crippen LogP contribution in [0, 0.1) is 0 Å². The Morgan fingerprint density at radius 2 is 2.12 bits per heavy atom. The maximum atomic E-state index is 12.7. The lowest BCUT2D eigenvalue weighted by atomic mass is 9.95. The molecule has 3 heterocycles. The average Bonchev–Trinajstić information content (AvgIpc) is 3.16. The molecule has 0 spiro atoms. The molecule has 4 rings (SSSR count). The van der Waals surface area contributed by atoms with Crippen molar-refractivity contribution in [1.82, 2.24) is 14.8 Å². The van der Waals surface area contributed by atoms with Crippen LogP contribution in [0.15, 0.2) is 24.5 Å². The molecule has 1 saturated heterocycles. The first-order valence-corrected chi connectivity index (χ1v) is 10.4. The van der Waals surface area contributed by atoms with Gasteiger partial charge in [-0.2, -0.15) is 5.10 Å². The van der Waals surface area contributed by atoms with E-state index < -0.39 is 9.84 Å². The second-order valence-electron chi connectivity index (χ2n) is 6.68. The zero-order valence-corrected chi connectivity index (χ0v) is 14.6. The van der Waals surface area contributed by atoms with Crippen LogP contribution in [0.2, 0.25) is 0 Å². The van der Waals surface area contributed by atoms with Gasteiger partial charge in [0.2, 0.25) is 0 Å². The van der Waals surface area contributed by atoms with Crippen molar-refractivity contribution in [1.29, 1.82) is 0 Å². The van der Waals surface area contributed by atoms with Crippen molar-refractivity contribution in [3.63, 3.8) is 0 Å². The van der Waals surface area contributed by atoms with Gasteiger partial charge in [-0.05, 0) is 44.2 Å². The molecule has 0 aromatic carbocycles. The molecule has 1 aliphatic heterocycles. The molecule has 1 fully saturated rings. The molecule has 0 saturated carbocycles. The minimum absolute atomic E-state index is 0.116. The zero-order chi connectivity index (χ0) is 17.4. The molecule has 0 unspecified atom stereocenters. The molecular formula is C17H20N4O3S. The Labute approximate surface area is 146 Å². The number of nitrogens with one attached hydrogen (secondary N) is 1. The zero-order valence-electron chi connectivity index (χ0n) is 13.8. The van der Waals surface area contributed by atoms with E-state index in [2.05, 4.69) is 15.4 Å². The third-order valence-corrected chi connectivity index (χ3v) is 6.65. The van der Waals surface area contributed by atoms with Crippen LogP contribution in [0.5, 0.6) is 0 Å². The lowest BCUT2D eigenvalue weighted by molar-refractivity contribution is 0.102. The van der Waals surface area contributed by atoms with Gasteiger partial charge in [0.05, 0.1) is 29.4 Å². The molecule has 0 radical (unpaired) electrons. The van der Waals surface area contributed by atoms with Crippen molar-refractivity contribution in [2.24, 2.45) is 0 Å². The minimum Gasteiger partial charge on any atom is -0.319 e. The molecule has 1 amide bonds. The molecule has 1 atom stereocenters. The van der Waals surface area contributed by atoms with Crippen LogP contribution < -0.4 is 5.32 Å². The van der Waals surface area contributed by atoms with E-state index >= 15 is 0 Å². The van der Waals surface area contributed by atoms with Crippen molar-refractivity contribution < 1.29 is 13.2 Å². The SMILES string of the molecule is O=C(Nc1cccnc1)c1nn([C@@H]2CCS(=O)(=O)C2)c2c1CCCC2. The van der Waals surface area contributed by atoms with E-state index in [1.54, 1.807) is 24.5 Å². The molecule has 8 heteroatoms. The van der Waals surface area contributed by atoms with Crippen molar-refractivity contribution in [2.75, 3.05) is 16.8 Å². The highest BCUT2D eigenvalue weighted by Gasteiger charge is 2.34. The van der Waals surface area contributed by atoms with Crippen molar-refractivity contribution >= 4 is 21.4 Å².